The molecule has 2 amide bonds. The van der Waals surface area contributed by atoms with E-state index < -0.39 is 0 Å². The predicted molar refractivity (Wildman–Crippen MR) is 72.0 cm³/mol. The molecule has 1 heterocycles. The van der Waals surface area contributed by atoms with Crippen LogP contribution in [0.5, 0.6) is 0 Å². The van der Waals surface area contributed by atoms with Crippen molar-refractivity contribution in [3.8, 4) is 0 Å². The number of hydrogen-bond acceptors (Lipinski definition) is 3. The standard InChI is InChI=1S/C14H26N2O2/c1-6-7-15-12(9(2)3)8-16-13(17)10(4)11(5)14(16)18/h9-12,15H,6-8H2,1-5H3. The van der Waals surface area contributed by atoms with Crippen LogP contribution in [0.4, 0.5) is 0 Å². The molecular formula is C14H26N2O2. The van der Waals surface area contributed by atoms with E-state index in [9.17, 15) is 9.59 Å². The van der Waals surface area contributed by atoms with Crippen molar-refractivity contribution in [2.45, 2.75) is 47.1 Å². The normalized spacial score (nSPS) is 26.2. The maximum Gasteiger partial charge on any atom is 0.232 e. The van der Waals surface area contributed by atoms with E-state index >= 15 is 0 Å². The van der Waals surface area contributed by atoms with E-state index in [1.54, 1.807) is 0 Å². The number of rotatable bonds is 6. The van der Waals surface area contributed by atoms with Crippen LogP contribution in [0.1, 0.15) is 41.0 Å². The van der Waals surface area contributed by atoms with E-state index in [0.29, 0.717) is 12.5 Å². The lowest BCUT2D eigenvalue weighted by Crippen LogP contribution is -2.46. The number of imide groups is 1. The van der Waals surface area contributed by atoms with Crippen LogP contribution in [0.25, 0.3) is 0 Å². The molecule has 0 spiro atoms. The van der Waals surface area contributed by atoms with E-state index in [4.69, 9.17) is 0 Å². The van der Waals surface area contributed by atoms with Crippen LogP contribution >= 0.6 is 0 Å². The summed E-state index contributed by atoms with van der Waals surface area (Å²) in [6.45, 7) is 11.5. The summed E-state index contributed by atoms with van der Waals surface area (Å²) in [6.07, 6.45) is 1.05. The van der Waals surface area contributed by atoms with Gasteiger partial charge in [-0.3, -0.25) is 14.5 Å². The van der Waals surface area contributed by atoms with Gasteiger partial charge in [-0.1, -0.05) is 34.6 Å². The number of amides is 2. The number of carbonyl (C=O) groups is 2. The van der Waals surface area contributed by atoms with Gasteiger partial charge >= 0.3 is 0 Å². The van der Waals surface area contributed by atoms with Crippen molar-refractivity contribution in [2.75, 3.05) is 13.1 Å². The first-order valence-corrected chi connectivity index (χ1v) is 6.98. The topological polar surface area (TPSA) is 49.4 Å². The number of likely N-dealkylation sites (tertiary alicyclic amines) is 1. The van der Waals surface area contributed by atoms with Crippen LogP contribution in [0, 0.1) is 17.8 Å². The van der Waals surface area contributed by atoms with Crippen LogP contribution in [-0.4, -0.2) is 35.8 Å². The molecule has 0 radical (unpaired) electrons. The highest BCUT2D eigenvalue weighted by molar-refractivity contribution is 6.04. The molecule has 4 heteroatoms. The smallest absolute Gasteiger partial charge is 0.232 e. The third kappa shape index (κ3) is 3.10. The Kier molecular flexibility index (Phi) is 5.32. The summed E-state index contributed by atoms with van der Waals surface area (Å²) >= 11 is 0. The molecule has 18 heavy (non-hydrogen) atoms. The largest absolute Gasteiger partial charge is 0.312 e. The van der Waals surface area contributed by atoms with Gasteiger partial charge in [-0.25, -0.2) is 0 Å². The van der Waals surface area contributed by atoms with Crippen molar-refractivity contribution in [3.63, 3.8) is 0 Å². The number of nitrogens with zero attached hydrogens (tertiary/aromatic N) is 1. The fourth-order valence-corrected chi connectivity index (χ4v) is 2.25. The summed E-state index contributed by atoms with van der Waals surface area (Å²) < 4.78 is 0. The molecule has 1 fully saturated rings. The SMILES string of the molecule is CCCNC(CN1C(=O)C(C)C(C)C1=O)C(C)C. The molecule has 1 rings (SSSR count). The van der Waals surface area contributed by atoms with Gasteiger partial charge in [-0.05, 0) is 18.9 Å². The summed E-state index contributed by atoms with van der Waals surface area (Å²) in [5.41, 5.74) is 0. The first-order valence-electron chi connectivity index (χ1n) is 6.98. The lowest BCUT2D eigenvalue weighted by molar-refractivity contribution is -0.140. The van der Waals surface area contributed by atoms with Crippen molar-refractivity contribution in [1.82, 2.24) is 10.2 Å². The first-order chi connectivity index (χ1) is 8.40. The maximum absolute atomic E-state index is 12.0. The predicted octanol–water partition coefficient (Wildman–Crippen LogP) is 1.65. The van der Waals surface area contributed by atoms with Crippen LogP contribution in [0.15, 0.2) is 0 Å². The second-order valence-corrected chi connectivity index (χ2v) is 5.67. The quantitative estimate of drug-likeness (QED) is 0.733. The fourth-order valence-electron chi connectivity index (χ4n) is 2.25. The molecule has 1 aliphatic heterocycles. The van der Waals surface area contributed by atoms with Crippen LogP contribution in [0.3, 0.4) is 0 Å². The number of nitrogens with one attached hydrogen (secondary N) is 1. The molecule has 4 nitrogen and oxygen atoms in total. The molecule has 0 aromatic carbocycles. The second kappa shape index (κ2) is 6.32. The van der Waals surface area contributed by atoms with Gasteiger partial charge in [0.2, 0.25) is 11.8 Å². The van der Waals surface area contributed by atoms with E-state index in [1.165, 1.54) is 4.90 Å². The molecule has 0 aliphatic carbocycles. The monoisotopic (exact) mass is 254 g/mol. The molecule has 0 bridgehead atoms. The van der Waals surface area contributed by atoms with Crippen LogP contribution in [-0.2, 0) is 9.59 Å². The lowest BCUT2D eigenvalue weighted by Gasteiger charge is -2.26. The Balaban J connectivity index is 2.69. The van der Waals surface area contributed by atoms with E-state index in [1.807, 2.05) is 13.8 Å². The first kappa shape index (κ1) is 15.2. The Labute approximate surface area is 110 Å². The molecular weight excluding hydrogens is 228 g/mol. The summed E-state index contributed by atoms with van der Waals surface area (Å²) in [6, 6.07) is 0.190. The highest BCUT2D eigenvalue weighted by Crippen LogP contribution is 2.25. The summed E-state index contributed by atoms with van der Waals surface area (Å²) in [5.74, 6) is 0.0317. The maximum atomic E-state index is 12.0. The molecule has 0 aromatic rings. The third-order valence-electron chi connectivity index (χ3n) is 3.90. The Bertz CT molecular complexity index is 295. The molecule has 0 saturated carbocycles. The van der Waals surface area contributed by atoms with Gasteiger partial charge in [0.15, 0.2) is 0 Å². The summed E-state index contributed by atoms with van der Waals surface area (Å²) in [4.78, 5) is 25.5. The second-order valence-electron chi connectivity index (χ2n) is 5.67. The molecule has 0 aromatic heterocycles. The Morgan fingerprint density at radius 3 is 2.06 bits per heavy atom. The highest BCUT2D eigenvalue weighted by Gasteiger charge is 2.42. The zero-order valence-corrected chi connectivity index (χ0v) is 12.2. The minimum absolute atomic E-state index is 0.0172. The van der Waals surface area contributed by atoms with E-state index in [0.717, 1.165) is 13.0 Å². The van der Waals surface area contributed by atoms with Gasteiger partial charge in [0.05, 0.1) is 0 Å². The average Bonchev–Trinajstić information content (AvgIpc) is 2.51. The van der Waals surface area contributed by atoms with E-state index in [2.05, 4.69) is 26.1 Å². The molecule has 1 aliphatic rings. The number of carbonyl (C=O) groups excluding carboxylic acids is 2. The highest BCUT2D eigenvalue weighted by atomic mass is 16.2. The zero-order chi connectivity index (χ0) is 13.9. The van der Waals surface area contributed by atoms with Gasteiger partial charge in [-0.2, -0.15) is 0 Å². The molecule has 1 N–H and O–H groups in total. The molecule has 104 valence electrons. The minimum atomic E-state index is -0.170. The van der Waals surface area contributed by atoms with Gasteiger partial charge in [0, 0.05) is 24.4 Å². The Morgan fingerprint density at radius 1 is 1.17 bits per heavy atom. The summed E-state index contributed by atoms with van der Waals surface area (Å²) in [7, 11) is 0. The Morgan fingerprint density at radius 2 is 1.67 bits per heavy atom. The van der Waals surface area contributed by atoms with Crippen molar-refractivity contribution >= 4 is 11.8 Å². The van der Waals surface area contributed by atoms with Crippen molar-refractivity contribution in [1.29, 1.82) is 0 Å². The fraction of sp³-hybridized carbons (Fsp3) is 0.857. The molecule has 3 atom stereocenters. The van der Waals surface area contributed by atoms with Crippen molar-refractivity contribution in [3.05, 3.63) is 0 Å². The molecule has 3 unspecified atom stereocenters. The van der Waals surface area contributed by atoms with Crippen LogP contribution < -0.4 is 5.32 Å². The zero-order valence-electron chi connectivity index (χ0n) is 12.2. The van der Waals surface area contributed by atoms with Gasteiger partial charge in [0.25, 0.3) is 0 Å². The minimum Gasteiger partial charge on any atom is -0.312 e. The number of hydrogen-bond donors (Lipinski definition) is 1. The average molecular weight is 254 g/mol. The van der Waals surface area contributed by atoms with Crippen molar-refractivity contribution < 1.29 is 9.59 Å². The van der Waals surface area contributed by atoms with Gasteiger partial charge in [0.1, 0.15) is 0 Å². The third-order valence-corrected chi connectivity index (χ3v) is 3.90. The van der Waals surface area contributed by atoms with Gasteiger partial charge in [-0.15, -0.1) is 0 Å². The summed E-state index contributed by atoms with van der Waals surface area (Å²) in [5, 5.41) is 3.42. The van der Waals surface area contributed by atoms with E-state index in [-0.39, 0.29) is 29.7 Å². The van der Waals surface area contributed by atoms with Crippen LogP contribution in [0.2, 0.25) is 0 Å². The Hall–Kier alpha value is -0.900. The van der Waals surface area contributed by atoms with Crippen molar-refractivity contribution in [2.24, 2.45) is 17.8 Å². The molecule has 1 saturated heterocycles. The lowest BCUT2D eigenvalue weighted by atomic mass is 10.00. The van der Waals surface area contributed by atoms with Gasteiger partial charge < -0.3 is 5.32 Å².